The first-order valence-electron chi connectivity index (χ1n) is 5.41. The van der Waals surface area contributed by atoms with E-state index in [1.54, 1.807) is 18.2 Å². The third-order valence-corrected chi connectivity index (χ3v) is 4.48. The van der Waals surface area contributed by atoms with Crippen LogP contribution in [0.5, 0.6) is 0 Å². The molecule has 0 aliphatic rings. The van der Waals surface area contributed by atoms with E-state index in [0.717, 1.165) is 10.8 Å². The molecule has 4 nitrogen and oxygen atoms in total. The highest BCUT2D eigenvalue weighted by Crippen LogP contribution is 2.23. The van der Waals surface area contributed by atoms with Gasteiger partial charge in [0.2, 0.25) is 9.84 Å². The van der Waals surface area contributed by atoms with Crippen LogP contribution in [0.25, 0.3) is 10.8 Å². The molecular weight excluding hydrogens is 248 g/mol. The van der Waals surface area contributed by atoms with Crippen molar-refractivity contribution in [1.29, 1.82) is 0 Å². The van der Waals surface area contributed by atoms with Gasteiger partial charge in [-0.2, -0.15) is 5.10 Å². The Morgan fingerprint density at radius 1 is 0.944 bits per heavy atom. The maximum absolute atomic E-state index is 12.3. The van der Waals surface area contributed by atoms with Crippen LogP contribution >= 0.6 is 0 Å². The van der Waals surface area contributed by atoms with Gasteiger partial charge in [0, 0.05) is 0 Å². The van der Waals surface area contributed by atoms with Gasteiger partial charge in [-0.3, -0.25) is 5.10 Å². The highest BCUT2D eigenvalue weighted by molar-refractivity contribution is 7.91. The van der Waals surface area contributed by atoms with Gasteiger partial charge in [-0.25, -0.2) is 8.42 Å². The van der Waals surface area contributed by atoms with E-state index in [0.29, 0.717) is 0 Å². The van der Waals surface area contributed by atoms with Crippen LogP contribution in [0.15, 0.2) is 64.6 Å². The Kier molecular flexibility index (Phi) is 2.41. The van der Waals surface area contributed by atoms with E-state index in [4.69, 9.17) is 0 Å². The lowest BCUT2D eigenvalue weighted by molar-refractivity contribution is 0.592. The summed E-state index contributed by atoms with van der Waals surface area (Å²) in [5.41, 5.74) is 0. The Hall–Kier alpha value is -2.14. The monoisotopic (exact) mass is 258 g/mol. The molecule has 0 saturated carbocycles. The smallest absolute Gasteiger partial charge is 0.223 e. The number of nitrogens with zero attached hydrogens (tertiary/aromatic N) is 1. The number of rotatable bonds is 2. The number of fused-ring (bicyclic) bond motifs is 1. The van der Waals surface area contributed by atoms with Crippen molar-refractivity contribution in [3.8, 4) is 0 Å². The summed E-state index contributed by atoms with van der Waals surface area (Å²) in [6.45, 7) is 0. The Labute approximate surface area is 104 Å². The van der Waals surface area contributed by atoms with Crippen molar-refractivity contribution in [2.45, 2.75) is 9.92 Å². The van der Waals surface area contributed by atoms with Crippen molar-refractivity contribution in [2.75, 3.05) is 0 Å². The molecule has 90 valence electrons. The third-order valence-electron chi connectivity index (χ3n) is 2.80. The van der Waals surface area contributed by atoms with Crippen LogP contribution in [-0.2, 0) is 9.84 Å². The topological polar surface area (TPSA) is 62.8 Å². The SMILES string of the molecule is O=S(=O)(c1ccc2ccccc2c1)c1ccn[nH]1. The van der Waals surface area contributed by atoms with Gasteiger partial charge in [-0.15, -0.1) is 0 Å². The Bertz CT molecular complexity index is 793. The molecule has 1 aromatic heterocycles. The van der Waals surface area contributed by atoms with Crippen LogP contribution in [0, 0.1) is 0 Å². The molecular formula is C13H10N2O2S. The van der Waals surface area contributed by atoms with Gasteiger partial charge in [-0.1, -0.05) is 30.3 Å². The Morgan fingerprint density at radius 2 is 1.72 bits per heavy atom. The maximum atomic E-state index is 12.3. The third kappa shape index (κ3) is 1.69. The van der Waals surface area contributed by atoms with Crippen LogP contribution in [0.2, 0.25) is 0 Å². The molecule has 0 atom stereocenters. The van der Waals surface area contributed by atoms with E-state index < -0.39 is 9.84 Å². The first-order chi connectivity index (χ1) is 8.68. The van der Waals surface area contributed by atoms with Gasteiger partial charge in [0.05, 0.1) is 11.1 Å². The summed E-state index contributed by atoms with van der Waals surface area (Å²) >= 11 is 0. The molecule has 0 saturated heterocycles. The molecule has 0 radical (unpaired) electrons. The van der Waals surface area contributed by atoms with E-state index in [1.807, 2.05) is 24.3 Å². The number of benzene rings is 2. The fourth-order valence-corrected chi connectivity index (χ4v) is 3.05. The molecule has 0 unspecified atom stereocenters. The fraction of sp³-hybridized carbons (Fsp3) is 0. The van der Waals surface area contributed by atoms with E-state index in [2.05, 4.69) is 10.2 Å². The highest BCUT2D eigenvalue weighted by Gasteiger charge is 2.18. The summed E-state index contributed by atoms with van der Waals surface area (Å²) < 4.78 is 24.5. The van der Waals surface area contributed by atoms with Gasteiger partial charge in [-0.05, 0) is 29.0 Å². The highest BCUT2D eigenvalue weighted by atomic mass is 32.2. The van der Waals surface area contributed by atoms with Crippen molar-refractivity contribution in [2.24, 2.45) is 0 Å². The van der Waals surface area contributed by atoms with Crippen LogP contribution in [-0.4, -0.2) is 18.6 Å². The normalized spacial score (nSPS) is 11.8. The van der Waals surface area contributed by atoms with Crippen molar-refractivity contribution in [1.82, 2.24) is 10.2 Å². The minimum absolute atomic E-state index is 0.109. The zero-order chi connectivity index (χ0) is 12.6. The lowest BCUT2D eigenvalue weighted by Crippen LogP contribution is -2.02. The molecule has 0 aliphatic carbocycles. The summed E-state index contributed by atoms with van der Waals surface area (Å²) in [5.74, 6) is 0. The first-order valence-corrected chi connectivity index (χ1v) is 6.89. The van der Waals surface area contributed by atoms with Crippen molar-refractivity contribution in [3.63, 3.8) is 0 Å². The molecule has 3 rings (SSSR count). The quantitative estimate of drug-likeness (QED) is 0.767. The predicted octanol–water partition coefficient (Wildman–Crippen LogP) is 2.40. The summed E-state index contributed by atoms with van der Waals surface area (Å²) in [6.07, 6.45) is 1.42. The fourth-order valence-electron chi connectivity index (χ4n) is 1.85. The molecule has 0 bridgehead atoms. The number of hydrogen-bond acceptors (Lipinski definition) is 3. The van der Waals surface area contributed by atoms with Gasteiger partial charge in [0.25, 0.3) is 0 Å². The standard InChI is InChI=1S/C13H10N2O2S/c16-18(17,13-7-8-14-15-13)12-6-5-10-3-1-2-4-11(10)9-12/h1-9H,(H,14,15). The summed E-state index contributed by atoms with van der Waals surface area (Å²) in [6, 6.07) is 14.2. The van der Waals surface area contributed by atoms with Crippen LogP contribution in [0.1, 0.15) is 0 Å². The number of sulfone groups is 1. The molecule has 3 aromatic rings. The first kappa shape index (κ1) is 11.0. The second-order valence-corrected chi connectivity index (χ2v) is 5.85. The number of aromatic amines is 1. The van der Waals surface area contributed by atoms with E-state index in [-0.39, 0.29) is 9.92 Å². The average Bonchev–Trinajstić information content (AvgIpc) is 2.92. The molecule has 1 N–H and O–H groups in total. The molecule has 2 aromatic carbocycles. The van der Waals surface area contributed by atoms with E-state index in [9.17, 15) is 8.42 Å². The number of hydrogen-bond donors (Lipinski definition) is 1. The van der Waals surface area contributed by atoms with Crippen molar-refractivity contribution < 1.29 is 8.42 Å². The molecule has 0 aliphatic heterocycles. The minimum atomic E-state index is -3.51. The summed E-state index contributed by atoms with van der Waals surface area (Å²) in [4.78, 5) is 0.269. The number of H-pyrrole nitrogens is 1. The Morgan fingerprint density at radius 3 is 2.44 bits per heavy atom. The molecule has 0 spiro atoms. The zero-order valence-corrected chi connectivity index (χ0v) is 10.2. The minimum Gasteiger partial charge on any atom is -0.267 e. The van der Waals surface area contributed by atoms with Gasteiger partial charge in [0.15, 0.2) is 5.03 Å². The second-order valence-electron chi connectivity index (χ2n) is 3.93. The molecule has 0 amide bonds. The largest absolute Gasteiger partial charge is 0.267 e. The molecule has 1 heterocycles. The van der Waals surface area contributed by atoms with Crippen LogP contribution < -0.4 is 0 Å². The van der Waals surface area contributed by atoms with Crippen molar-refractivity contribution >= 4 is 20.6 Å². The van der Waals surface area contributed by atoms with Crippen molar-refractivity contribution in [3.05, 3.63) is 54.7 Å². The number of nitrogens with one attached hydrogen (secondary N) is 1. The van der Waals surface area contributed by atoms with Gasteiger partial charge in [0.1, 0.15) is 0 Å². The molecule has 18 heavy (non-hydrogen) atoms. The number of aromatic nitrogens is 2. The van der Waals surface area contributed by atoms with Crippen LogP contribution in [0.4, 0.5) is 0 Å². The lowest BCUT2D eigenvalue weighted by Gasteiger charge is -2.03. The average molecular weight is 258 g/mol. The van der Waals surface area contributed by atoms with Gasteiger partial charge >= 0.3 is 0 Å². The second kappa shape index (κ2) is 3.96. The molecule has 0 fully saturated rings. The molecule has 5 heteroatoms. The van der Waals surface area contributed by atoms with Crippen LogP contribution in [0.3, 0.4) is 0 Å². The lowest BCUT2D eigenvalue weighted by atomic mass is 10.1. The zero-order valence-electron chi connectivity index (χ0n) is 9.37. The van der Waals surface area contributed by atoms with E-state index in [1.165, 1.54) is 12.3 Å². The predicted molar refractivity (Wildman–Crippen MR) is 68.0 cm³/mol. The summed E-state index contributed by atoms with van der Waals surface area (Å²) in [5, 5.41) is 8.18. The summed E-state index contributed by atoms with van der Waals surface area (Å²) in [7, 11) is -3.51. The Balaban J connectivity index is 2.21. The van der Waals surface area contributed by atoms with Gasteiger partial charge < -0.3 is 0 Å². The van der Waals surface area contributed by atoms with E-state index >= 15 is 0 Å². The maximum Gasteiger partial charge on any atom is 0.223 e.